The van der Waals surface area contributed by atoms with Gasteiger partial charge >= 0.3 is 5.97 Å². The zero-order chi connectivity index (χ0) is 22.9. The average molecular weight is 449 g/mol. The lowest BCUT2D eigenvalue weighted by Crippen LogP contribution is -2.36. The van der Waals surface area contributed by atoms with Crippen molar-refractivity contribution in [2.24, 2.45) is 0 Å². The maximum absolute atomic E-state index is 13.5. The summed E-state index contributed by atoms with van der Waals surface area (Å²) < 4.78 is 27.7. The van der Waals surface area contributed by atoms with E-state index in [-0.39, 0.29) is 16.2 Å². The number of aromatic nitrogens is 3. The van der Waals surface area contributed by atoms with Crippen molar-refractivity contribution >= 4 is 38.4 Å². The Morgan fingerprint density at radius 1 is 1.06 bits per heavy atom. The number of benzene rings is 1. The Bertz CT molecular complexity index is 1420. The van der Waals surface area contributed by atoms with Crippen LogP contribution in [0.3, 0.4) is 0 Å². The number of nitrogen functional groups attached to an aromatic ring is 1. The molecule has 0 spiro atoms. The number of nitrogens with two attached hydrogens (primary N) is 1. The van der Waals surface area contributed by atoms with Gasteiger partial charge in [0.05, 0.1) is 16.3 Å². The van der Waals surface area contributed by atoms with E-state index in [0.29, 0.717) is 22.5 Å². The van der Waals surface area contributed by atoms with Gasteiger partial charge in [-0.25, -0.2) is 17.7 Å². The normalized spacial score (nSPS) is 11.4. The predicted octanol–water partition coefficient (Wildman–Crippen LogP) is 2.86. The first-order valence-corrected chi connectivity index (χ1v) is 11.0. The van der Waals surface area contributed by atoms with Crippen LogP contribution in [0.15, 0.2) is 71.9 Å². The number of carbonyl (C=O) groups is 1. The monoisotopic (exact) mass is 449 g/mol. The number of hydrogen-bond acceptors (Lipinski definition) is 7. The van der Waals surface area contributed by atoms with Crippen LogP contribution in [-0.4, -0.2) is 41.0 Å². The first-order chi connectivity index (χ1) is 15.3. The van der Waals surface area contributed by atoms with Gasteiger partial charge in [-0.2, -0.15) is 0 Å². The van der Waals surface area contributed by atoms with Crippen molar-refractivity contribution in [3.8, 4) is 11.4 Å². The molecule has 0 aliphatic heterocycles. The van der Waals surface area contributed by atoms with Crippen LogP contribution in [0.1, 0.15) is 5.56 Å². The van der Waals surface area contributed by atoms with Gasteiger partial charge in [-0.15, -0.1) is 0 Å². The van der Waals surface area contributed by atoms with Gasteiger partial charge in [0, 0.05) is 23.5 Å². The number of nitrogens with zero attached hydrogens (tertiary/aromatic N) is 4. The predicted molar refractivity (Wildman–Crippen MR) is 121 cm³/mol. The van der Waals surface area contributed by atoms with E-state index in [1.165, 1.54) is 30.5 Å². The quantitative estimate of drug-likeness (QED) is 0.428. The Balaban J connectivity index is 1.99. The fourth-order valence-electron chi connectivity index (χ4n) is 3.28. The third-order valence-electron chi connectivity index (χ3n) is 4.80. The highest BCUT2D eigenvalue weighted by atomic mass is 32.2. The second-order valence-corrected chi connectivity index (χ2v) is 8.91. The van der Waals surface area contributed by atoms with E-state index in [9.17, 15) is 18.3 Å². The summed E-state index contributed by atoms with van der Waals surface area (Å²) in [5.41, 5.74) is 8.11. The smallest absolute Gasteiger partial charge is 0.324 e. The lowest BCUT2D eigenvalue weighted by molar-refractivity contribution is -0.135. The molecule has 9 nitrogen and oxygen atoms in total. The van der Waals surface area contributed by atoms with E-state index in [4.69, 9.17) is 5.73 Å². The molecule has 0 atom stereocenters. The molecule has 0 aliphatic carbocycles. The van der Waals surface area contributed by atoms with Crippen LogP contribution in [0.2, 0.25) is 0 Å². The number of carboxylic acids is 1. The molecule has 0 bridgehead atoms. The van der Waals surface area contributed by atoms with Crippen molar-refractivity contribution in [3.63, 3.8) is 0 Å². The Hall–Kier alpha value is -4.05. The van der Waals surface area contributed by atoms with Gasteiger partial charge in [-0.1, -0.05) is 12.1 Å². The summed E-state index contributed by atoms with van der Waals surface area (Å²) in [6.45, 7) is 1.02. The number of carboxylic acid groups (broad SMARTS) is 1. The van der Waals surface area contributed by atoms with Crippen LogP contribution in [0.4, 0.5) is 11.5 Å². The highest BCUT2D eigenvalue weighted by Gasteiger charge is 2.30. The molecule has 3 heterocycles. The van der Waals surface area contributed by atoms with Crippen LogP contribution in [0.25, 0.3) is 22.3 Å². The lowest BCUT2D eigenvalue weighted by atomic mass is 10.1. The molecule has 3 N–H and O–H groups in total. The molecule has 0 unspecified atom stereocenters. The summed E-state index contributed by atoms with van der Waals surface area (Å²) in [7, 11) is -4.29. The number of pyridine rings is 3. The highest BCUT2D eigenvalue weighted by molar-refractivity contribution is 7.92. The summed E-state index contributed by atoms with van der Waals surface area (Å²) >= 11 is 0. The SMILES string of the molecule is Cc1cccnc1-c1cc2cccnc2c(N(CC(=O)O)S(=O)(=O)c2ccc(N)cc2)n1. The van der Waals surface area contributed by atoms with Crippen molar-refractivity contribution in [2.75, 3.05) is 16.6 Å². The number of aliphatic carboxylic acids is 1. The molecule has 32 heavy (non-hydrogen) atoms. The summed E-state index contributed by atoms with van der Waals surface area (Å²) in [5, 5.41) is 10.1. The number of fused-ring (bicyclic) bond motifs is 1. The zero-order valence-corrected chi connectivity index (χ0v) is 17.8. The van der Waals surface area contributed by atoms with Gasteiger partial charge < -0.3 is 10.8 Å². The maximum Gasteiger partial charge on any atom is 0.324 e. The lowest BCUT2D eigenvalue weighted by Gasteiger charge is -2.23. The first kappa shape index (κ1) is 21.2. The molecule has 0 saturated carbocycles. The van der Waals surface area contributed by atoms with Crippen LogP contribution in [-0.2, 0) is 14.8 Å². The zero-order valence-electron chi connectivity index (χ0n) is 17.0. The number of aryl methyl sites for hydroxylation is 1. The Kier molecular flexibility index (Phi) is 5.45. The van der Waals surface area contributed by atoms with Crippen LogP contribution in [0.5, 0.6) is 0 Å². The van der Waals surface area contributed by atoms with Gasteiger partial charge in [-0.3, -0.25) is 14.8 Å². The first-order valence-electron chi connectivity index (χ1n) is 9.55. The topological polar surface area (TPSA) is 139 Å². The Labute approximate surface area is 184 Å². The molecule has 162 valence electrons. The summed E-state index contributed by atoms with van der Waals surface area (Å²) in [5.74, 6) is -1.43. The number of hydrogen-bond donors (Lipinski definition) is 2. The minimum Gasteiger partial charge on any atom is -0.480 e. The van der Waals surface area contributed by atoms with E-state index in [0.717, 1.165) is 9.87 Å². The minimum absolute atomic E-state index is 0.0950. The third-order valence-corrected chi connectivity index (χ3v) is 6.55. The van der Waals surface area contributed by atoms with Gasteiger partial charge in [0.15, 0.2) is 5.82 Å². The molecular weight excluding hydrogens is 430 g/mol. The minimum atomic E-state index is -4.29. The van der Waals surface area contributed by atoms with E-state index < -0.39 is 22.5 Å². The van der Waals surface area contributed by atoms with E-state index >= 15 is 0 Å². The average Bonchev–Trinajstić information content (AvgIpc) is 2.77. The summed E-state index contributed by atoms with van der Waals surface area (Å²) in [6.07, 6.45) is 3.10. The highest BCUT2D eigenvalue weighted by Crippen LogP contribution is 2.32. The second kappa shape index (κ2) is 8.23. The van der Waals surface area contributed by atoms with Gasteiger partial charge in [-0.05, 0) is 55.0 Å². The van der Waals surface area contributed by atoms with Crippen molar-refractivity contribution in [3.05, 3.63) is 72.6 Å². The maximum atomic E-state index is 13.5. The van der Waals surface area contributed by atoms with E-state index in [2.05, 4.69) is 15.0 Å². The molecular formula is C22H19N5O4S. The molecule has 0 aliphatic rings. The molecule has 1 aromatic carbocycles. The van der Waals surface area contributed by atoms with E-state index in [1.54, 1.807) is 30.5 Å². The number of sulfonamides is 1. The van der Waals surface area contributed by atoms with Crippen molar-refractivity contribution in [2.45, 2.75) is 11.8 Å². The molecule has 0 radical (unpaired) electrons. The third kappa shape index (κ3) is 3.95. The molecule has 4 rings (SSSR count). The number of rotatable bonds is 6. The molecule has 0 fully saturated rings. The van der Waals surface area contributed by atoms with Crippen molar-refractivity contribution in [1.82, 2.24) is 15.0 Å². The van der Waals surface area contributed by atoms with Crippen LogP contribution in [0, 0.1) is 6.92 Å². The van der Waals surface area contributed by atoms with Gasteiger partial charge in [0.25, 0.3) is 10.0 Å². The molecule has 0 saturated heterocycles. The van der Waals surface area contributed by atoms with Crippen molar-refractivity contribution < 1.29 is 18.3 Å². The standard InChI is InChI=1S/C22H19N5O4S/c1-14-4-2-10-24-20(14)18-12-15-5-3-11-25-21(15)22(26-18)27(13-19(28)29)32(30,31)17-8-6-16(23)7-9-17/h2-12H,13,23H2,1H3,(H,28,29). The fraction of sp³-hybridized carbons (Fsp3) is 0.0909. The van der Waals surface area contributed by atoms with E-state index in [1.807, 2.05) is 13.0 Å². The summed E-state index contributed by atoms with van der Waals surface area (Å²) in [4.78, 5) is 24.7. The molecule has 10 heteroatoms. The molecule has 4 aromatic rings. The fourth-order valence-corrected chi connectivity index (χ4v) is 4.65. The Morgan fingerprint density at radius 3 is 2.44 bits per heavy atom. The summed E-state index contributed by atoms with van der Waals surface area (Å²) in [6, 6.07) is 14.4. The number of anilines is 2. The largest absolute Gasteiger partial charge is 0.480 e. The Morgan fingerprint density at radius 2 is 1.75 bits per heavy atom. The van der Waals surface area contributed by atoms with Crippen LogP contribution >= 0.6 is 0 Å². The molecule has 0 amide bonds. The molecule has 3 aromatic heterocycles. The van der Waals surface area contributed by atoms with Gasteiger partial charge in [0.2, 0.25) is 0 Å². The van der Waals surface area contributed by atoms with Gasteiger partial charge in [0.1, 0.15) is 12.1 Å². The second-order valence-electron chi connectivity index (χ2n) is 7.05. The van der Waals surface area contributed by atoms with Crippen molar-refractivity contribution in [1.29, 1.82) is 0 Å². The van der Waals surface area contributed by atoms with Crippen LogP contribution < -0.4 is 10.0 Å².